The van der Waals surface area contributed by atoms with E-state index in [1.807, 2.05) is 24.3 Å². The van der Waals surface area contributed by atoms with Crippen molar-refractivity contribution in [1.82, 2.24) is 5.32 Å². The monoisotopic (exact) mass is 329 g/mol. The zero-order chi connectivity index (χ0) is 15.5. The maximum Gasteiger partial charge on any atom is 0.230 e. The second-order valence-corrected chi connectivity index (χ2v) is 8.65. The maximum atomic E-state index is 12.0. The highest BCUT2D eigenvalue weighted by atomic mass is 32.2. The smallest absolute Gasteiger partial charge is 0.230 e. The number of rotatable bonds is 5. The van der Waals surface area contributed by atoms with Crippen molar-refractivity contribution in [2.45, 2.75) is 23.8 Å². The molecule has 0 bridgehead atoms. The van der Waals surface area contributed by atoms with E-state index >= 15 is 0 Å². The molecule has 1 heterocycles. The number of ether oxygens (including phenoxy) is 1. The Balaban J connectivity index is 1.84. The molecule has 0 saturated carbocycles. The standard InChI is InChI=1S/C14H19NO4S2/c1-14(7-8-21(17,18)10-14)15-13(16)9-20-12-5-3-11(19-2)4-6-12/h3-6H,7-10H2,1-2H3,(H,15,16)/t14-/m0/s1. The fourth-order valence-corrected chi connectivity index (χ4v) is 5.09. The fourth-order valence-electron chi connectivity index (χ4n) is 2.30. The molecule has 1 aliphatic heterocycles. The Morgan fingerprint density at radius 2 is 2.05 bits per heavy atom. The van der Waals surface area contributed by atoms with Crippen LogP contribution in [0.25, 0.3) is 0 Å². The summed E-state index contributed by atoms with van der Waals surface area (Å²) in [6, 6.07) is 7.45. The summed E-state index contributed by atoms with van der Waals surface area (Å²) in [4.78, 5) is 12.9. The van der Waals surface area contributed by atoms with E-state index in [4.69, 9.17) is 4.74 Å². The van der Waals surface area contributed by atoms with Crippen molar-refractivity contribution in [2.75, 3.05) is 24.4 Å². The Bertz CT molecular complexity index is 612. The lowest BCUT2D eigenvalue weighted by Gasteiger charge is -2.23. The van der Waals surface area contributed by atoms with E-state index in [1.165, 1.54) is 11.8 Å². The van der Waals surface area contributed by atoms with E-state index in [0.29, 0.717) is 6.42 Å². The molecule has 1 N–H and O–H groups in total. The van der Waals surface area contributed by atoms with Crippen LogP contribution in [0, 0.1) is 0 Å². The van der Waals surface area contributed by atoms with Gasteiger partial charge in [0.05, 0.1) is 29.9 Å². The van der Waals surface area contributed by atoms with Gasteiger partial charge in [0, 0.05) is 4.90 Å². The third-order valence-corrected chi connectivity index (χ3v) is 6.29. The molecule has 1 aromatic carbocycles. The van der Waals surface area contributed by atoms with Crippen LogP contribution in [0.5, 0.6) is 5.75 Å². The third-order valence-electron chi connectivity index (χ3n) is 3.37. The number of carbonyl (C=O) groups is 1. The summed E-state index contributed by atoms with van der Waals surface area (Å²) >= 11 is 1.41. The number of carbonyl (C=O) groups excluding carboxylic acids is 1. The minimum Gasteiger partial charge on any atom is -0.497 e. The van der Waals surface area contributed by atoms with Gasteiger partial charge in [-0.3, -0.25) is 4.79 Å². The zero-order valence-corrected chi connectivity index (χ0v) is 13.7. The number of hydrogen-bond donors (Lipinski definition) is 1. The van der Waals surface area contributed by atoms with Crippen LogP contribution < -0.4 is 10.1 Å². The number of hydrogen-bond acceptors (Lipinski definition) is 5. The van der Waals surface area contributed by atoms with Gasteiger partial charge in [0.1, 0.15) is 5.75 Å². The normalized spacial score (nSPS) is 23.7. The van der Waals surface area contributed by atoms with Gasteiger partial charge >= 0.3 is 0 Å². The third kappa shape index (κ3) is 4.64. The zero-order valence-electron chi connectivity index (χ0n) is 12.1. The molecule has 1 aromatic rings. The van der Waals surface area contributed by atoms with Crippen molar-refractivity contribution in [1.29, 1.82) is 0 Å². The molecule has 1 saturated heterocycles. The molecular weight excluding hydrogens is 310 g/mol. The van der Waals surface area contributed by atoms with Crippen LogP contribution in [0.15, 0.2) is 29.2 Å². The Morgan fingerprint density at radius 1 is 1.38 bits per heavy atom. The van der Waals surface area contributed by atoms with Crippen LogP contribution in [-0.2, 0) is 14.6 Å². The number of methoxy groups -OCH3 is 1. The molecule has 2 rings (SSSR count). The molecule has 0 aromatic heterocycles. The first-order valence-corrected chi connectivity index (χ1v) is 9.41. The predicted molar refractivity (Wildman–Crippen MR) is 83.5 cm³/mol. The molecule has 0 spiro atoms. The second-order valence-electron chi connectivity index (χ2n) is 5.42. The second kappa shape index (κ2) is 6.27. The molecular formula is C14H19NO4S2. The van der Waals surface area contributed by atoms with Gasteiger partial charge in [-0.25, -0.2) is 8.42 Å². The van der Waals surface area contributed by atoms with Gasteiger partial charge < -0.3 is 10.1 Å². The van der Waals surface area contributed by atoms with E-state index in [2.05, 4.69) is 5.32 Å². The van der Waals surface area contributed by atoms with Crippen molar-refractivity contribution in [2.24, 2.45) is 0 Å². The largest absolute Gasteiger partial charge is 0.497 e. The molecule has 1 amide bonds. The first kappa shape index (κ1) is 16.2. The first-order valence-electron chi connectivity index (χ1n) is 6.60. The quantitative estimate of drug-likeness (QED) is 0.829. The van der Waals surface area contributed by atoms with Gasteiger partial charge in [0.25, 0.3) is 0 Å². The highest BCUT2D eigenvalue weighted by molar-refractivity contribution is 8.00. The van der Waals surface area contributed by atoms with Gasteiger partial charge in [-0.05, 0) is 37.6 Å². The molecule has 116 valence electrons. The van der Waals surface area contributed by atoms with Gasteiger partial charge in [0.2, 0.25) is 5.91 Å². The average molecular weight is 329 g/mol. The Morgan fingerprint density at radius 3 is 2.57 bits per heavy atom. The molecule has 1 aliphatic rings. The van der Waals surface area contributed by atoms with Crippen molar-refractivity contribution >= 4 is 27.5 Å². The molecule has 1 atom stereocenters. The lowest BCUT2D eigenvalue weighted by molar-refractivity contribution is -0.120. The predicted octanol–water partition coefficient (Wildman–Crippen LogP) is 1.48. The molecule has 1 fully saturated rings. The highest BCUT2D eigenvalue weighted by Crippen LogP contribution is 2.24. The molecule has 0 aliphatic carbocycles. The number of amides is 1. The summed E-state index contributed by atoms with van der Waals surface area (Å²) in [5.74, 6) is 1.07. The Hall–Kier alpha value is -1.21. The number of nitrogens with one attached hydrogen (secondary N) is 1. The van der Waals surface area contributed by atoms with Crippen molar-refractivity contribution in [3.05, 3.63) is 24.3 Å². The van der Waals surface area contributed by atoms with Crippen LogP contribution in [-0.4, -0.2) is 44.2 Å². The Kier molecular flexibility index (Phi) is 4.83. The summed E-state index contributed by atoms with van der Waals surface area (Å²) in [5, 5.41) is 2.84. The van der Waals surface area contributed by atoms with E-state index in [1.54, 1.807) is 14.0 Å². The van der Waals surface area contributed by atoms with Crippen molar-refractivity contribution in [3.63, 3.8) is 0 Å². The van der Waals surface area contributed by atoms with Gasteiger partial charge in [-0.15, -0.1) is 11.8 Å². The van der Waals surface area contributed by atoms with E-state index in [-0.39, 0.29) is 23.2 Å². The fraction of sp³-hybridized carbons (Fsp3) is 0.500. The maximum absolute atomic E-state index is 12.0. The van der Waals surface area contributed by atoms with Gasteiger partial charge in [-0.2, -0.15) is 0 Å². The topological polar surface area (TPSA) is 72.5 Å². The minimum atomic E-state index is -3.01. The Labute approximate surface area is 129 Å². The van der Waals surface area contributed by atoms with Crippen LogP contribution in [0.3, 0.4) is 0 Å². The summed E-state index contributed by atoms with van der Waals surface area (Å²) in [5.41, 5.74) is -0.629. The number of sulfone groups is 1. The van der Waals surface area contributed by atoms with E-state index in [0.717, 1.165) is 10.6 Å². The summed E-state index contributed by atoms with van der Waals surface area (Å²) in [7, 11) is -1.41. The molecule has 0 radical (unpaired) electrons. The first-order chi connectivity index (χ1) is 9.82. The summed E-state index contributed by atoms with van der Waals surface area (Å²) in [6.07, 6.45) is 0.480. The minimum absolute atomic E-state index is 0.0267. The van der Waals surface area contributed by atoms with E-state index in [9.17, 15) is 13.2 Å². The summed E-state index contributed by atoms with van der Waals surface area (Å²) in [6.45, 7) is 1.79. The molecule has 5 nitrogen and oxygen atoms in total. The number of benzene rings is 1. The lowest BCUT2D eigenvalue weighted by atomic mass is 10.0. The SMILES string of the molecule is COc1ccc(SCC(=O)N[C@@]2(C)CCS(=O)(=O)C2)cc1. The highest BCUT2D eigenvalue weighted by Gasteiger charge is 2.39. The number of thioether (sulfide) groups is 1. The lowest BCUT2D eigenvalue weighted by Crippen LogP contribution is -2.47. The van der Waals surface area contributed by atoms with Crippen LogP contribution in [0.2, 0.25) is 0 Å². The molecule has 0 unspecified atom stereocenters. The van der Waals surface area contributed by atoms with Crippen LogP contribution in [0.1, 0.15) is 13.3 Å². The van der Waals surface area contributed by atoms with Crippen LogP contribution in [0.4, 0.5) is 0 Å². The van der Waals surface area contributed by atoms with Gasteiger partial charge in [0.15, 0.2) is 9.84 Å². The van der Waals surface area contributed by atoms with Gasteiger partial charge in [-0.1, -0.05) is 0 Å². The van der Waals surface area contributed by atoms with E-state index < -0.39 is 15.4 Å². The van der Waals surface area contributed by atoms with Crippen molar-refractivity contribution < 1.29 is 17.9 Å². The molecule has 21 heavy (non-hydrogen) atoms. The molecule has 7 heteroatoms. The summed E-state index contributed by atoms with van der Waals surface area (Å²) < 4.78 is 28.1. The van der Waals surface area contributed by atoms with Crippen LogP contribution >= 0.6 is 11.8 Å². The average Bonchev–Trinajstić information content (AvgIpc) is 2.70. The van der Waals surface area contributed by atoms with Crippen molar-refractivity contribution in [3.8, 4) is 5.75 Å².